The summed E-state index contributed by atoms with van der Waals surface area (Å²) in [7, 11) is 0. The highest BCUT2D eigenvalue weighted by molar-refractivity contribution is 6.05. The molecule has 1 aliphatic heterocycles. The van der Waals surface area contributed by atoms with Gasteiger partial charge in [0.25, 0.3) is 5.91 Å². The standard InChI is InChI=1S/C13H14N4O2/c1-8-15-13(19-17-8)16-12(18)10-4-2-6-11-9(10)5-3-7-14-11/h2,4,6,14H,3,5,7H2,1H3,(H,15,16,17,18). The number of carbonyl (C=O) groups is 1. The van der Waals surface area contributed by atoms with Crippen LogP contribution >= 0.6 is 0 Å². The van der Waals surface area contributed by atoms with E-state index in [9.17, 15) is 4.79 Å². The Hall–Kier alpha value is -2.37. The number of nitrogens with zero attached hydrogens (tertiary/aromatic N) is 2. The first-order valence-corrected chi connectivity index (χ1v) is 6.21. The Morgan fingerprint density at radius 2 is 2.37 bits per heavy atom. The number of hydrogen-bond donors (Lipinski definition) is 2. The minimum Gasteiger partial charge on any atom is -0.385 e. The average Bonchev–Trinajstić information content (AvgIpc) is 2.83. The van der Waals surface area contributed by atoms with E-state index in [0.29, 0.717) is 11.4 Å². The summed E-state index contributed by atoms with van der Waals surface area (Å²) in [6, 6.07) is 5.79. The fraction of sp³-hybridized carbons (Fsp3) is 0.308. The molecule has 0 saturated carbocycles. The van der Waals surface area contributed by atoms with Crippen molar-refractivity contribution >= 4 is 17.6 Å². The maximum Gasteiger partial charge on any atom is 0.328 e. The molecule has 6 heteroatoms. The van der Waals surface area contributed by atoms with E-state index in [-0.39, 0.29) is 11.9 Å². The number of nitrogens with one attached hydrogen (secondary N) is 2. The van der Waals surface area contributed by atoms with E-state index >= 15 is 0 Å². The molecule has 0 spiro atoms. The number of carbonyl (C=O) groups excluding carboxylic acids is 1. The number of fused-ring (bicyclic) bond motifs is 1. The molecule has 0 bridgehead atoms. The largest absolute Gasteiger partial charge is 0.385 e. The lowest BCUT2D eigenvalue weighted by atomic mass is 9.97. The first-order valence-electron chi connectivity index (χ1n) is 6.21. The molecule has 1 aromatic heterocycles. The molecular formula is C13H14N4O2. The zero-order valence-electron chi connectivity index (χ0n) is 10.6. The molecule has 0 saturated heterocycles. The van der Waals surface area contributed by atoms with Crippen LogP contribution < -0.4 is 10.6 Å². The molecule has 2 aromatic rings. The third kappa shape index (κ3) is 2.29. The molecule has 0 unspecified atom stereocenters. The molecular weight excluding hydrogens is 244 g/mol. The molecule has 98 valence electrons. The van der Waals surface area contributed by atoms with Crippen molar-refractivity contribution in [3.63, 3.8) is 0 Å². The second kappa shape index (κ2) is 4.72. The highest BCUT2D eigenvalue weighted by Gasteiger charge is 2.18. The molecule has 0 aliphatic carbocycles. The van der Waals surface area contributed by atoms with Gasteiger partial charge < -0.3 is 9.84 Å². The molecule has 1 amide bonds. The van der Waals surface area contributed by atoms with Crippen LogP contribution in [0, 0.1) is 6.92 Å². The van der Waals surface area contributed by atoms with Gasteiger partial charge in [-0.1, -0.05) is 11.2 Å². The Morgan fingerprint density at radius 3 is 3.16 bits per heavy atom. The molecule has 0 atom stereocenters. The van der Waals surface area contributed by atoms with Crippen molar-refractivity contribution in [1.82, 2.24) is 10.1 Å². The second-order valence-corrected chi connectivity index (χ2v) is 4.46. The number of rotatable bonds is 2. The van der Waals surface area contributed by atoms with Crippen molar-refractivity contribution in [2.75, 3.05) is 17.2 Å². The predicted molar refractivity (Wildman–Crippen MR) is 70.2 cm³/mol. The van der Waals surface area contributed by atoms with Crippen LogP contribution in [-0.4, -0.2) is 22.6 Å². The van der Waals surface area contributed by atoms with E-state index in [1.807, 2.05) is 18.2 Å². The molecule has 0 fully saturated rings. The lowest BCUT2D eigenvalue weighted by Crippen LogP contribution is -2.19. The van der Waals surface area contributed by atoms with Crippen molar-refractivity contribution < 1.29 is 9.32 Å². The smallest absolute Gasteiger partial charge is 0.328 e. The Labute approximate surface area is 110 Å². The molecule has 2 heterocycles. The third-order valence-electron chi connectivity index (χ3n) is 3.09. The first-order chi connectivity index (χ1) is 9.24. The summed E-state index contributed by atoms with van der Waals surface area (Å²) in [5.41, 5.74) is 2.73. The maximum atomic E-state index is 12.2. The summed E-state index contributed by atoms with van der Waals surface area (Å²) in [5, 5.41) is 9.55. The maximum absolute atomic E-state index is 12.2. The van der Waals surface area contributed by atoms with Gasteiger partial charge in [-0.2, -0.15) is 4.98 Å². The normalized spacial score (nSPS) is 13.5. The van der Waals surface area contributed by atoms with Crippen LogP contribution in [0.4, 0.5) is 11.7 Å². The molecule has 6 nitrogen and oxygen atoms in total. The van der Waals surface area contributed by atoms with Crippen molar-refractivity contribution in [3.8, 4) is 0 Å². The van der Waals surface area contributed by atoms with E-state index < -0.39 is 0 Å². The number of hydrogen-bond acceptors (Lipinski definition) is 5. The van der Waals surface area contributed by atoms with E-state index in [4.69, 9.17) is 4.52 Å². The third-order valence-corrected chi connectivity index (χ3v) is 3.09. The van der Waals surface area contributed by atoms with Gasteiger partial charge in [-0.3, -0.25) is 10.1 Å². The molecule has 3 rings (SSSR count). The topological polar surface area (TPSA) is 80.0 Å². The number of anilines is 2. The van der Waals surface area contributed by atoms with Crippen LogP contribution in [0.25, 0.3) is 0 Å². The monoisotopic (exact) mass is 258 g/mol. The predicted octanol–water partition coefficient (Wildman–Crippen LogP) is 1.99. The van der Waals surface area contributed by atoms with Gasteiger partial charge in [0.2, 0.25) is 0 Å². The number of amides is 1. The fourth-order valence-electron chi connectivity index (χ4n) is 2.24. The Kier molecular flexibility index (Phi) is 2.91. The average molecular weight is 258 g/mol. The fourth-order valence-corrected chi connectivity index (χ4v) is 2.24. The summed E-state index contributed by atoms with van der Waals surface area (Å²) in [6.45, 7) is 2.65. The van der Waals surface area contributed by atoms with Crippen molar-refractivity contribution in [3.05, 3.63) is 35.2 Å². The zero-order valence-corrected chi connectivity index (χ0v) is 10.6. The van der Waals surface area contributed by atoms with Gasteiger partial charge in [-0.05, 0) is 37.5 Å². The summed E-state index contributed by atoms with van der Waals surface area (Å²) in [6.07, 6.45) is 1.92. The van der Waals surface area contributed by atoms with Gasteiger partial charge in [0, 0.05) is 17.8 Å². The Morgan fingerprint density at radius 1 is 1.47 bits per heavy atom. The van der Waals surface area contributed by atoms with E-state index in [1.54, 1.807) is 6.92 Å². The van der Waals surface area contributed by atoms with Crippen LogP contribution in [0.3, 0.4) is 0 Å². The van der Waals surface area contributed by atoms with E-state index in [1.165, 1.54) is 0 Å². The van der Waals surface area contributed by atoms with Crippen molar-refractivity contribution in [2.24, 2.45) is 0 Å². The van der Waals surface area contributed by atoms with Crippen LogP contribution in [0.5, 0.6) is 0 Å². The molecule has 1 aromatic carbocycles. The van der Waals surface area contributed by atoms with Gasteiger partial charge in [-0.15, -0.1) is 0 Å². The Bertz CT molecular complexity index is 621. The summed E-state index contributed by atoms with van der Waals surface area (Å²) in [4.78, 5) is 16.2. The molecule has 1 aliphatic rings. The van der Waals surface area contributed by atoms with Crippen LogP contribution in [0.2, 0.25) is 0 Å². The molecule has 2 N–H and O–H groups in total. The van der Waals surface area contributed by atoms with Crippen molar-refractivity contribution in [1.29, 1.82) is 0 Å². The lowest BCUT2D eigenvalue weighted by molar-refractivity contribution is 0.102. The van der Waals surface area contributed by atoms with Gasteiger partial charge in [0.05, 0.1) is 0 Å². The minimum absolute atomic E-state index is 0.129. The van der Waals surface area contributed by atoms with Gasteiger partial charge >= 0.3 is 6.01 Å². The highest BCUT2D eigenvalue weighted by atomic mass is 16.5. The van der Waals surface area contributed by atoms with Gasteiger partial charge in [-0.25, -0.2) is 0 Å². The van der Waals surface area contributed by atoms with E-state index in [0.717, 1.165) is 30.6 Å². The SMILES string of the molecule is Cc1noc(NC(=O)c2cccc3c2CCCN3)n1. The number of aryl methyl sites for hydroxylation is 1. The highest BCUT2D eigenvalue weighted by Crippen LogP contribution is 2.25. The van der Waals surface area contributed by atoms with Crippen LogP contribution in [0.15, 0.2) is 22.7 Å². The Balaban J connectivity index is 1.87. The number of benzene rings is 1. The van der Waals surface area contributed by atoms with Crippen LogP contribution in [-0.2, 0) is 6.42 Å². The minimum atomic E-state index is -0.218. The molecule has 19 heavy (non-hydrogen) atoms. The van der Waals surface area contributed by atoms with Crippen LogP contribution in [0.1, 0.15) is 28.2 Å². The second-order valence-electron chi connectivity index (χ2n) is 4.46. The van der Waals surface area contributed by atoms with Gasteiger partial charge in [0.15, 0.2) is 5.82 Å². The molecule has 0 radical (unpaired) electrons. The van der Waals surface area contributed by atoms with E-state index in [2.05, 4.69) is 20.8 Å². The lowest BCUT2D eigenvalue weighted by Gasteiger charge is -2.20. The quantitative estimate of drug-likeness (QED) is 0.861. The zero-order chi connectivity index (χ0) is 13.2. The van der Waals surface area contributed by atoms with Gasteiger partial charge in [0.1, 0.15) is 0 Å². The summed E-state index contributed by atoms with van der Waals surface area (Å²) < 4.78 is 4.89. The van der Waals surface area contributed by atoms with Crippen molar-refractivity contribution in [2.45, 2.75) is 19.8 Å². The number of aromatic nitrogens is 2. The first kappa shape index (κ1) is 11.7. The summed E-state index contributed by atoms with van der Waals surface area (Å²) >= 11 is 0. The summed E-state index contributed by atoms with van der Waals surface area (Å²) in [5.74, 6) is 0.274.